The zero-order valence-corrected chi connectivity index (χ0v) is 9.92. The molecule has 0 aliphatic rings. The lowest BCUT2D eigenvalue weighted by Gasteiger charge is -2.06. The van der Waals surface area contributed by atoms with Gasteiger partial charge in [0.1, 0.15) is 5.69 Å². The Balaban J connectivity index is 2.12. The zero-order chi connectivity index (χ0) is 14.0. The predicted octanol–water partition coefficient (Wildman–Crippen LogP) is 1.79. The van der Waals surface area contributed by atoms with E-state index in [2.05, 4.69) is 20.5 Å². The van der Waals surface area contributed by atoms with Crippen molar-refractivity contribution in [3.63, 3.8) is 0 Å². The molecule has 2 rings (SSSR count). The number of nitrogens with one attached hydrogen (secondary N) is 1. The average molecular weight is 289 g/mol. The Morgan fingerprint density at radius 1 is 1.32 bits per heavy atom. The van der Waals surface area contributed by atoms with E-state index in [1.54, 1.807) is 0 Å². The number of nitrogen functional groups attached to an aromatic ring is 1. The highest BCUT2D eigenvalue weighted by atomic mass is 32.1. The van der Waals surface area contributed by atoms with Crippen molar-refractivity contribution in [3.05, 3.63) is 29.6 Å². The van der Waals surface area contributed by atoms with Gasteiger partial charge >= 0.3 is 6.18 Å². The number of nitrogens with two attached hydrogens (primary N) is 1. The first-order valence-electron chi connectivity index (χ1n) is 4.80. The minimum atomic E-state index is -4.49. The fourth-order valence-electron chi connectivity index (χ4n) is 1.14. The van der Waals surface area contributed by atoms with E-state index in [-0.39, 0.29) is 16.0 Å². The van der Waals surface area contributed by atoms with Gasteiger partial charge in [-0.3, -0.25) is 15.1 Å². The largest absolute Gasteiger partial charge is 0.417 e. The lowest BCUT2D eigenvalue weighted by molar-refractivity contribution is -0.137. The number of carbonyl (C=O) groups excluding carboxylic acids is 1. The van der Waals surface area contributed by atoms with Crippen LogP contribution in [0.15, 0.2) is 18.3 Å². The van der Waals surface area contributed by atoms with E-state index in [1.165, 1.54) is 0 Å². The Labute approximate surface area is 108 Å². The second kappa shape index (κ2) is 4.80. The van der Waals surface area contributed by atoms with Gasteiger partial charge in [-0.2, -0.15) is 13.2 Å². The third-order valence-electron chi connectivity index (χ3n) is 1.98. The lowest BCUT2D eigenvalue weighted by atomic mass is 10.2. The van der Waals surface area contributed by atoms with E-state index in [4.69, 9.17) is 5.73 Å². The summed E-state index contributed by atoms with van der Waals surface area (Å²) in [5.41, 5.74) is 4.22. The number of hydrogen-bond acceptors (Lipinski definition) is 6. The van der Waals surface area contributed by atoms with Crippen LogP contribution < -0.4 is 11.1 Å². The molecule has 19 heavy (non-hydrogen) atoms. The molecule has 1 amide bonds. The second-order valence-corrected chi connectivity index (χ2v) is 4.34. The first-order chi connectivity index (χ1) is 8.86. The van der Waals surface area contributed by atoms with Gasteiger partial charge in [0, 0.05) is 6.20 Å². The van der Waals surface area contributed by atoms with Crippen molar-refractivity contribution in [2.45, 2.75) is 6.18 Å². The van der Waals surface area contributed by atoms with E-state index < -0.39 is 17.6 Å². The maximum absolute atomic E-state index is 12.3. The van der Waals surface area contributed by atoms with Gasteiger partial charge in [0.05, 0.1) is 5.56 Å². The highest BCUT2D eigenvalue weighted by molar-refractivity contribution is 7.19. The van der Waals surface area contributed by atoms with Crippen molar-refractivity contribution in [3.8, 4) is 0 Å². The summed E-state index contributed by atoms with van der Waals surface area (Å²) in [5, 5.41) is 9.64. The van der Waals surface area contributed by atoms with Crippen LogP contribution >= 0.6 is 11.3 Å². The number of pyridine rings is 1. The molecule has 6 nitrogen and oxygen atoms in total. The number of carbonyl (C=O) groups is 1. The van der Waals surface area contributed by atoms with Gasteiger partial charge in [-0.05, 0) is 12.1 Å². The lowest BCUT2D eigenvalue weighted by Crippen LogP contribution is -2.14. The van der Waals surface area contributed by atoms with Crippen LogP contribution in [0.1, 0.15) is 16.1 Å². The van der Waals surface area contributed by atoms with Crippen LogP contribution in [0, 0.1) is 0 Å². The number of amides is 1. The summed E-state index contributed by atoms with van der Waals surface area (Å²) in [6, 6.07) is 1.75. The van der Waals surface area contributed by atoms with Crippen molar-refractivity contribution < 1.29 is 18.0 Å². The van der Waals surface area contributed by atoms with Gasteiger partial charge in [-0.25, -0.2) is 0 Å². The first-order valence-corrected chi connectivity index (χ1v) is 5.61. The Kier molecular flexibility index (Phi) is 3.34. The van der Waals surface area contributed by atoms with Crippen molar-refractivity contribution in [2.75, 3.05) is 11.1 Å². The SMILES string of the molecule is Nc1nnc(NC(=O)c2ccc(C(F)(F)F)cn2)s1. The molecule has 0 spiro atoms. The first kappa shape index (κ1) is 13.2. The number of anilines is 2. The molecule has 0 saturated carbocycles. The van der Waals surface area contributed by atoms with Gasteiger partial charge < -0.3 is 5.73 Å². The summed E-state index contributed by atoms with van der Waals surface area (Å²) >= 11 is 0.934. The molecule has 0 aliphatic carbocycles. The second-order valence-electron chi connectivity index (χ2n) is 3.33. The van der Waals surface area contributed by atoms with Crippen molar-refractivity contribution in [2.24, 2.45) is 0 Å². The minimum absolute atomic E-state index is 0.143. The third kappa shape index (κ3) is 3.16. The summed E-state index contributed by atoms with van der Waals surface area (Å²) in [5.74, 6) is -0.690. The van der Waals surface area contributed by atoms with E-state index >= 15 is 0 Å². The van der Waals surface area contributed by atoms with E-state index in [9.17, 15) is 18.0 Å². The van der Waals surface area contributed by atoms with Gasteiger partial charge in [0.25, 0.3) is 5.91 Å². The Hall–Kier alpha value is -2.23. The van der Waals surface area contributed by atoms with Crippen LogP contribution in [0.2, 0.25) is 0 Å². The molecule has 3 N–H and O–H groups in total. The summed E-state index contributed by atoms with van der Waals surface area (Å²) in [6.45, 7) is 0. The fourth-order valence-corrected chi connectivity index (χ4v) is 1.65. The molecule has 0 atom stereocenters. The number of halogens is 3. The molecule has 100 valence electrons. The average Bonchev–Trinajstić information content (AvgIpc) is 2.74. The topological polar surface area (TPSA) is 93.8 Å². The van der Waals surface area contributed by atoms with Gasteiger partial charge in [0.15, 0.2) is 0 Å². The summed E-state index contributed by atoms with van der Waals surface area (Å²) in [7, 11) is 0. The van der Waals surface area contributed by atoms with Crippen molar-refractivity contribution in [1.82, 2.24) is 15.2 Å². The predicted molar refractivity (Wildman–Crippen MR) is 61.5 cm³/mol. The smallest absolute Gasteiger partial charge is 0.374 e. The van der Waals surface area contributed by atoms with Crippen LogP contribution in [-0.4, -0.2) is 21.1 Å². The van der Waals surface area contributed by atoms with Gasteiger partial charge in [-0.1, -0.05) is 11.3 Å². The monoisotopic (exact) mass is 289 g/mol. The van der Waals surface area contributed by atoms with E-state index in [0.29, 0.717) is 6.20 Å². The summed E-state index contributed by atoms with van der Waals surface area (Å²) in [4.78, 5) is 15.1. The number of nitrogens with zero attached hydrogens (tertiary/aromatic N) is 3. The van der Waals surface area contributed by atoms with Crippen LogP contribution in [0.5, 0.6) is 0 Å². The number of rotatable bonds is 2. The fraction of sp³-hybridized carbons (Fsp3) is 0.111. The molecule has 0 fully saturated rings. The van der Waals surface area contributed by atoms with Gasteiger partial charge in [0.2, 0.25) is 10.3 Å². The molecule has 0 aliphatic heterocycles. The molecular weight excluding hydrogens is 283 g/mol. The molecule has 2 heterocycles. The number of aromatic nitrogens is 3. The summed E-state index contributed by atoms with van der Waals surface area (Å²) < 4.78 is 36.9. The highest BCUT2D eigenvalue weighted by Crippen LogP contribution is 2.28. The quantitative estimate of drug-likeness (QED) is 0.879. The van der Waals surface area contributed by atoms with E-state index in [1.807, 2.05) is 0 Å². The molecule has 2 aromatic rings. The third-order valence-corrected chi connectivity index (χ3v) is 2.65. The Bertz CT molecular complexity index is 595. The van der Waals surface area contributed by atoms with E-state index in [0.717, 1.165) is 23.5 Å². The maximum atomic E-state index is 12.3. The zero-order valence-electron chi connectivity index (χ0n) is 9.10. The highest BCUT2D eigenvalue weighted by Gasteiger charge is 2.30. The number of alkyl halides is 3. The molecular formula is C9H6F3N5OS. The molecule has 0 aromatic carbocycles. The minimum Gasteiger partial charge on any atom is -0.374 e. The molecule has 2 aromatic heterocycles. The molecule has 10 heteroatoms. The summed E-state index contributed by atoms with van der Waals surface area (Å²) in [6.07, 6.45) is -3.90. The Morgan fingerprint density at radius 3 is 2.53 bits per heavy atom. The molecule has 0 saturated heterocycles. The van der Waals surface area contributed by atoms with Crippen molar-refractivity contribution in [1.29, 1.82) is 0 Å². The standard InChI is InChI=1S/C9H6F3N5OS/c10-9(11,12)4-1-2-5(14-3-4)6(18)15-8-17-16-7(13)19-8/h1-3H,(H2,13,16)(H,15,17,18). The molecule has 0 radical (unpaired) electrons. The Morgan fingerprint density at radius 2 is 2.05 bits per heavy atom. The number of hydrogen-bond donors (Lipinski definition) is 2. The van der Waals surface area contributed by atoms with Crippen LogP contribution in [0.3, 0.4) is 0 Å². The van der Waals surface area contributed by atoms with Crippen LogP contribution in [-0.2, 0) is 6.18 Å². The normalized spacial score (nSPS) is 11.3. The maximum Gasteiger partial charge on any atom is 0.417 e. The van der Waals surface area contributed by atoms with Crippen LogP contribution in [0.25, 0.3) is 0 Å². The molecule has 0 bridgehead atoms. The van der Waals surface area contributed by atoms with Gasteiger partial charge in [-0.15, -0.1) is 10.2 Å². The van der Waals surface area contributed by atoms with Crippen molar-refractivity contribution >= 4 is 27.5 Å². The molecule has 0 unspecified atom stereocenters. The van der Waals surface area contributed by atoms with Crippen LogP contribution in [0.4, 0.5) is 23.4 Å².